The van der Waals surface area contributed by atoms with Crippen LogP contribution in [0.5, 0.6) is 11.5 Å². The molecule has 4 rings (SSSR count). The second-order valence-corrected chi connectivity index (χ2v) is 9.24. The molecule has 0 aliphatic carbocycles. The van der Waals surface area contributed by atoms with Gasteiger partial charge in [0.2, 0.25) is 0 Å². The zero-order valence-corrected chi connectivity index (χ0v) is 20.4. The van der Waals surface area contributed by atoms with Crippen LogP contribution < -0.4 is 9.47 Å². The van der Waals surface area contributed by atoms with Gasteiger partial charge in [-0.3, -0.25) is 9.58 Å². The van der Waals surface area contributed by atoms with Gasteiger partial charge in [0.25, 0.3) is 0 Å². The van der Waals surface area contributed by atoms with Gasteiger partial charge in [-0.2, -0.15) is 5.10 Å². The first-order chi connectivity index (χ1) is 16.4. The fourth-order valence-electron chi connectivity index (χ4n) is 4.21. The van der Waals surface area contributed by atoms with Crippen LogP contribution in [0.2, 0.25) is 0 Å². The van der Waals surface area contributed by atoms with Gasteiger partial charge < -0.3 is 19.3 Å². The molecule has 1 saturated heterocycles. The van der Waals surface area contributed by atoms with Crippen LogP contribution in [-0.2, 0) is 17.8 Å². The van der Waals surface area contributed by atoms with Gasteiger partial charge in [0, 0.05) is 25.3 Å². The van der Waals surface area contributed by atoms with Crippen molar-refractivity contribution in [3.63, 3.8) is 0 Å². The lowest BCUT2D eigenvalue weighted by molar-refractivity contribution is -0.0646. The van der Waals surface area contributed by atoms with E-state index in [2.05, 4.69) is 35.1 Å². The van der Waals surface area contributed by atoms with E-state index in [1.165, 1.54) is 5.56 Å². The maximum absolute atomic E-state index is 11.2. The van der Waals surface area contributed by atoms with E-state index in [9.17, 15) is 5.11 Å². The van der Waals surface area contributed by atoms with Crippen molar-refractivity contribution in [2.24, 2.45) is 0 Å². The molecule has 1 N–H and O–H groups in total. The van der Waals surface area contributed by atoms with Crippen LogP contribution in [0.15, 0.2) is 54.6 Å². The fourth-order valence-corrected chi connectivity index (χ4v) is 4.21. The van der Waals surface area contributed by atoms with Gasteiger partial charge in [0.05, 0.1) is 25.5 Å². The standard InChI is InChI=1S/C27H35N3O4/c1-21-7-9-25(10-8-21)34-20-27(31)18-29(11-13-32-19-27)17-24-5-4-6-26(16-24)33-14-12-30-23(3)15-22(2)28-30/h4-10,15-16,31H,11-14,17-20H2,1-3H3. The Bertz CT molecular complexity index is 1070. The van der Waals surface area contributed by atoms with Crippen LogP contribution in [-0.4, -0.2) is 64.9 Å². The van der Waals surface area contributed by atoms with Crippen LogP contribution in [0, 0.1) is 20.8 Å². The Labute approximate surface area is 201 Å². The number of aliphatic hydroxyl groups is 1. The van der Waals surface area contributed by atoms with Crippen molar-refractivity contribution in [1.82, 2.24) is 14.7 Å². The molecule has 0 saturated carbocycles. The summed E-state index contributed by atoms with van der Waals surface area (Å²) in [5.41, 5.74) is 3.39. The average Bonchev–Trinajstić information content (AvgIpc) is 3.01. The summed E-state index contributed by atoms with van der Waals surface area (Å²) < 4.78 is 19.6. The van der Waals surface area contributed by atoms with Gasteiger partial charge in [-0.25, -0.2) is 0 Å². The first-order valence-electron chi connectivity index (χ1n) is 11.8. The molecule has 34 heavy (non-hydrogen) atoms. The lowest BCUT2D eigenvalue weighted by Crippen LogP contribution is -2.48. The first-order valence-corrected chi connectivity index (χ1v) is 11.8. The van der Waals surface area contributed by atoms with E-state index in [0.717, 1.165) is 35.0 Å². The maximum atomic E-state index is 11.2. The summed E-state index contributed by atoms with van der Waals surface area (Å²) in [6.45, 7) is 10.3. The molecule has 0 spiro atoms. The monoisotopic (exact) mass is 465 g/mol. The number of benzene rings is 2. The zero-order valence-electron chi connectivity index (χ0n) is 20.4. The third kappa shape index (κ3) is 6.82. The second kappa shape index (κ2) is 11.0. The molecule has 1 aromatic heterocycles. The van der Waals surface area contributed by atoms with Crippen molar-refractivity contribution in [1.29, 1.82) is 0 Å². The van der Waals surface area contributed by atoms with Crippen molar-refractivity contribution < 1.29 is 19.3 Å². The van der Waals surface area contributed by atoms with Gasteiger partial charge in [-0.15, -0.1) is 0 Å². The number of aryl methyl sites for hydroxylation is 3. The van der Waals surface area contributed by atoms with E-state index in [4.69, 9.17) is 14.2 Å². The molecule has 0 amide bonds. The van der Waals surface area contributed by atoms with Gasteiger partial charge >= 0.3 is 0 Å². The predicted octanol–water partition coefficient (Wildman–Crippen LogP) is 3.53. The van der Waals surface area contributed by atoms with Crippen molar-refractivity contribution in [3.8, 4) is 11.5 Å². The quantitative estimate of drug-likeness (QED) is 0.522. The largest absolute Gasteiger partial charge is 0.492 e. The number of hydrogen-bond acceptors (Lipinski definition) is 6. The molecule has 182 valence electrons. The number of hydrogen-bond donors (Lipinski definition) is 1. The molecule has 7 nitrogen and oxygen atoms in total. The van der Waals surface area contributed by atoms with Crippen LogP contribution in [0.1, 0.15) is 22.5 Å². The van der Waals surface area contributed by atoms with Gasteiger partial charge in [0.15, 0.2) is 0 Å². The molecular formula is C27H35N3O4. The average molecular weight is 466 g/mol. The summed E-state index contributed by atoms with van der Waals surface area (Å²) in [5, 5.41) is 15.7. The SMILES string of the molecule is Cc1ccc(OCC2(O)COCCN(Cc3cccc(OCCn4nc(C)cc4C)c3)C2)cc1. The van der Waals surface area contributed by atoms with Crippen LogP contribution in [0.25, 0.3) is 0 Å². The van der Waals surface area contributed by atoms with E-state index in [0.29, 0.717) is 32.8 Å². The van der Waals surface area contributed by atoms with Crippen LogP contribution >= 0.6 is 0 Å². The van der Waals surface area contributed by atoms with Crippen molar-refractivity contribution in [2.75, 3.05) is 39.5 Å². The summed E-state index contributed by atoms with van der Waals surface area (Å²) >= 11 is 0. The highest BCUT2D eigenvalue weighted by Crippen LogP contribution is 2.20. The van der Waals surface area contributed by atoms with E-state index < -0.39 is 5.60 Å². The lowest BCUT2D eigenvalue weighted by Gasteiger charge is -2.30. The Kier molecular flexibility index (Phi) is 7.88. The first kappa shape index (κ1) is 24.3. The zero-order chi connectivity index (χ0) is 24.0. The smallest absolute Gasteiger partial charge is 0.134 e. The van der Waals surface area contributed by atoms with Crippen LogP contribution in [0.3, 0.4) is 0 Å². The Hall–Kier alpha value is -2.87. The summed E-state index contributed by atoms with van der Waals surface area (Å²) in [4.78, 5) is 2.21. The molecule has 2 heterocycles. The highest BCUT2D eigenvalue weighted by Gasteiger charge is 2.33. The normalized spacial score (nSPS) is 19.1. The number of nitrogens with zero attached hydrogens (tertiary/aromatic N) is 3. The molecular weight excluding hydrogens is 430 g/mol. The number of rotatable bonds is 9. The molecule has 1 aliphatic rings. The van der Waals surface area contributed by atoms with Crippen LogP contribution in [0.4, 0.5) is 0 Å². The fraction of sp³-hybridized carbons (Fsp3) is 0.444. The third-order valence-corrected chi connectivity index (χ3v) is 5.95. The highest BCUT2D eigenvalue weighted by molar-refractivity contribution is 5.29. The summed E-state index contributed by atoms with van der Waals surface area (Å²) in [7, 11) is 0. The maximum Gasteiger partial charge on any atom is 0.134 e. The topological polar surface area (TPSA) is 69.0 Å². The lowest BCUT2D eigenvalue weighted by atomic mass is 10.1. The molecule has 1 fully saturated rings. The Morgan fingerprint density at radius 2 is 1.85 bits per heavy atom. The Balaban J connectivity index is 1.31. The van der Waals surface area contributed by atoms with Gasteiger partial charge in [0.1, 0.15) is 30.3 Å². The molecule has 1 atom stereocenters. The van der Waals surface area contributed by atoms with E-state index in [1.807, 2.05) is 54.9 Å². The number of aromatic nitrogens is 2. The Morgan fingerprint density at radius 1 is 1.03 bits per heavy atom. The van der Waals surface area contributed by atoms with E-state index >= 15 is 0 Å². The predicted molar refractivity (Wildman–Crippen MR) is 131 cm³/mol. The van der Waals surface area contributed by atoms with E-state index in [-0.39, 0.29) is 13.2 Å². The molecule has 1 unspecified atom stereocenters. The third-order valence-electron chi connectivity index (χ3n) is 5.95. The molecule has 3 aromatic rings. The van der Waals surface area contributed by atoms with Crippen molar-refractivity contribution in [3.05, 3.63) is 77.1 Å². The second-order valence-electron chi connectivity index (χ2n) is 9.24. The highest BCUT2D eigenvalue weighted by atomic mass is 16.5. The molecule has 1 aliphatic heterocycles. The van der Waals surface area contributed by atoms with Crippen molar-refractivity contribution >= 4 is 0 Å². The van der Waals surface area contributed by atoms with E-state index in [1.54, 1.807) is 0 Å². The van der Waals surface area contributed by atoms with Gasteiger partial charge in [-0.05, 0) is 56.7 Å². The summed E-state index contributed by atoms with van der Waals surface area (Å²) in [6.07, 6.45) is 0. The Morgan fingerprint density at radius 3 is 2.62 bits per heavy atom. The minimum atomic E-state index is -1.07. The minimum Gasteiger partial charge on any atom is -0.492 e. The minimum absolute atomic E-state index is 0.183. The molecule has 0 radical (unpaired) electrons. The molecule has 7 heteroatoms. The summed E-state index contributed by atoms with van der Waals surface area (Å²) in [6, 6.07) is 18.1. The molecule has 0 bridgehead atoms. The van der Waals surface area contributed by atoms with Crippen molar-refractivity contribution in [2.45, 2.75) is 39.5 Å². The molecule has 2 aromatic carbocycles. The number of ether oxygens (including phenoxy) is 3. The number of β-amino-alcohol motifs (C(OH)–C–C–N with tert-alkyl or cyclic N) is 1. The van der Waals surface area contributed by atoms with Gasteiger partial charge in [-0.1, -0.05) is 29.8 Å². The summed E-state index contributed by atoms with van der Waals surface area (Å²) in [5.74, 6) is 1.59.